The lowest BCUT2D eigenvalue weighted by Crippen LogP contribution is -2.25. The summed E-state index contributed by atoms with van der Waals surface area (Å²) in [5, 5.41) is 1.23. The van der Waals surface area contributed by atoms with Gasteiger partial charge in [-0.05, 0) is 25.3 Å². The summed E-state index contributed by atoms with van der Waals surface area (Å²) in [5.41, 5.74) is 1.10. The molecule has 1 aliphatic heterocycles. The highest BCUT2D eigenvalue weighted by molar-refractivity contribution is 7.18. The Labute approximate surface area is 147 Å². The molecular formula is C20H23N3S. The Balaban J connectivity index is 1.86. The zero-order chi connectivity index (χ0) is 16.4. The summed E-state index contributed by atoms with van der Waals surface area (Å²) >= 11 is 1.81. The maximum absolute atomic E-state index is 5.01. The van der Waals surface area contributed by atoms with Gasteiger partial charge in [-0.2, -0.15) is 0 Å². The van der Waals surface area contributed by atoms with Crippen LogP contribution >= 0.6 is 11.3 Å². The fourth-order valence-electron chi connectivity index (χ4n) is 3.37. The van der Waals surface area contributed by atoms with Crippen molar-refractivity contribution in [3.8, 4) is 11.4 Å². The number of thiophene rings is 1. The van der Waals surface area contributed by atoms with Crippen molar-refractivity contribution >= 4 is 27.4 Å². The van der Waals surface area contributed by atoms with Crippen LogP contribution in [0.3, 0.4) is 0 Å². The van der Waals surface area contributed by atoms with E-state index in [2.05, 4.69) is 42.2 Å². The summed E-state index contributed by atoms with van der Waals surface area (Å²) in [7, 11) is 0. The van der Waals surface area contributed by atoms with E-state index in [-0.39, 0.29) is 0 Å². The zero-order valence-electron chi connectivity index (χ0n) is 14.2. The van der Waals surface area contributed by atoms with Gasteiger partial charge in [-0.3, -0.25) is 0 Å². The van der Waals surface area contributed by atoms with Crippen molar-refractivity contribution in [2.45, 2.75) is 39.0 Å². The second-order valence-corrected chi connectivity index (χ2v) is 7.54. The van der Waals surface area contributed by atoms with Crippen LogP contribution in [0.25, 0.3) is 21.6 Å². The van der Waals surface area contributed by atoms with Crippen molar-refractivity contribution in [2.75, 3.05) is 18.0 Å². The summed E-state index contributed by atoms with van der Waals surface area (Å²) < 4.78 is 0. The summed E-state index contributed by atoms with van der Waals surface area (Å²) in [4.78, 5) is 14.9. The summed E-state index contributed by atoms with van der Waals surface area (Å²) in [6, 6.07) is 12.7. The average molecular weight is 337 g/mol. The first-order chi connectivity index (χ1) is 11.8. The van der Waals surface area contributed by atoms with Gasteiger partial charge in [-0.15, -0.1) is 11.3 Å². The lowest BCUT2D eigenvalue weighted by Gasteiger charge is -2.22. The highest BCUT2D eigenvalue weighted by Crippen LogP contribution is 2.34. The Morgan fingerprint density at radius 1 is 1.00 bits per heavy atom. The molecule has 0 atom stereocenters. The van der Waals surface area contributed by atoms with Gasteiger partial charge in [0, 0.05) is 23.5 Å². The van der Waals surface area contributed by atoms with Crippen molar-refractivity contribution in [1.29, 1.82) is 0 Å². The Kier molecular flexibility index (Phi) is 4.48. The second-order valence-electron chi connectivity index (χ2n) is 6.42. The van der Waals surface area contributed by atoms with Gasteiger partial charge in [0.2, 0.25) is 0 Å². The number of aryl methyl sites for hydroxylation is 1. The molecule has 0 unspecified atom stereocenters. The summed E-state index contributed by atoms with van der Waals surface area (Å²) in [5.74, 6) is 1.99. The number of rotatable bonds is 3. The molecule has 4 rings (SSSR count). The maximum atomic E-state index is 5.01. The normalized spacial score (nSPS) is 15.6. The van der Waals surface area contributed by atoms with Crippen molar-refractivity contribution in [1.82, 2.24) is 9.97 Å². The van der Waals surface area contributed by atoms with Crippen molar-refractivity contribution in [3.05, 3.63) is 41.3 Å². The van der Waals surface area contributed by atoms with Gasteiger partial charge in [0.1, 0.15) is 10.6 Å². The van der Waals surface area contributed by atoms with Gasteiger partial charge < -0.3 is 4.90 Å². The molecule has 0 aliphatic carbocycles. The van der Waals surface area contributed by atoms with Crippen molar-refractivity contribution in [3.63, 3.8) is 0 Å². The molecule has 2 aromatic heterocycles. The number of anilines is 1. The van der Waals surface area contributed by atoms with E-state index in [1.165, 1.54) is 35.9 Å². The molecule has 0 amide bonds. The summed E-state index contributed by atoms with van der Waals surface area (Å²) in [6.45, 7) is 4.43. The minimum absolute atomic E-state index is 0.854. The van der Waals surface area contributed by atoms with Crippen LogP contribution in [0, 0.1) is 0 Å². The minimum atomic E-state index is 0.854. The molecule has 3 heterocycles. The largest absolute Gasteiger partial charge is 0.356 e. The molecule has 0 radical (unpaired) electrons. The van der Waals surface area contributed by atoms with Gasteiger partial charge in [-0.25, -0.2) is 9.97 Å². The number of benzene rings is 1. The highest BCUT2D eigenvalue weighted by Gasteiger charge is 2.18. The lowest BCUT2D eigenvalue weighted by atomic mass is 10.2. The Morgan fingerprint density at radius 3 is 2.46 bits per heavy atom. The molecule has 0 bridgehead atoms. The third-order valence-electron chi connectivity index (χ3n) is 4.71. The minimum Gasteiger partial charge on any atom is -0.356 e. The van der Waals surface area contributed by atoms with Crippen molar-refractivity contribution in [2.24, 2.45) is 0 Å². The van der Waals surface area contributed by atoms with Crippen molar-refractivity contribution < 1.29 is 0 Å². The van der Waals surface area contributed by atoms with Crippen LogP contribution in [0.15, 0.2) is 36.4 Å². The zero-order valence-corrected chi connectivity index (χ0v) is 15.0. The number of fused-ring (bicyclic) bond motifs is 1. The molecule has 1 aromatic carbocycles. The van der Waals surface area contributed by atoms with Gasteiger partial charge in [0.25, 0.3) is 0 Å². The third kappa shape index (κ3) is 3.03. The Bertz CT molecular complexity index is 818. The van der Waals surface area contributed by atoms with E-state index >= 15 is 0 Å². The predicted octanol–water partition coefficient (Wildman–Crippen LogP) is 5.30. The van der Waals surface area contributed by atoms with E-state index < -0.39 is 0 Å². The molecule has 0 N–H and O–H groups in total. The Morgan fingerprint density at radius 2 is 1.75 bits per heavy atom. The second kappa shape index (κ2) is 6.89. The first-order valence-corrected chi connectivity index (χ1v) is 9.77. The molecular weight excluding hydrogens is 314 g/mol. The smallest absolute Gasteiger partial charge is 0.163 e. The monoisotopic (exact) mass is 337 g/mol. The molecule has 1 aliphatic rings. The quantitative estimate of drug-likeness (QED) is 0.649. The van der Waals surface area contributed by atoms with Gasteiger partial charge in [0.05, 0.1) is 5.39 Å². The number of aromatic nitrogens is 2. The van der Waals surface area contributed by atoms with Gasteiger partial charge >= 0.3 is 0 Å². The van der Waals surface area contributed by atoms with Crippen LogP contribution in [-0.4, -0.2) is 23.1 Å². The molecule has 1 saturated heterocycles. The standard InChI is InChI=1S/C20H23N3S/c1-2-16-14-17-19(23-12-8-3-4-9-13-23)21-18(22-20(17)24-16)15-10-6-5-7-11-15/h5-7,10-11,14H,2-4,8-9,12-13H2,1H3. The molecule has 24 heavy (non-hydrogen) atoms. The first-order valence-electron chi connectivity index (χ1n) is 8.96. The third-order valence-corrected chi connectivity index (χ3v) is 5.88. The van der Waals surface area contributed by atoms with Crippen LogP contribution in [-0.2, 0) is 6.42 Å². The molecule has 0 spiro atoms. The SMILES string of the molecule is CCc1cc2c(N3CCCCCC3)nc(-c3ccccc3)nc2s1. The number of hydrogen-bond acceptors (Lipinski definition) is 4. The van der Waals surface area contributed by atoms with Crippen LogP contribution in [0.4, 0.5) is 5.82 Å². The number of nitrogens with zero attached hydrogens (tertiary/aromatic N) is 3. The topological polar surface area (TPSA) is 29.0 Å². The molecule has 4 heteroatoms. The molecule has 3 nitrogen and oxygen atoms in total. The lowest BCUT2D eigenvalue weighted by molar-refractivity contribution is 0.726. The molecule has 0 saturated carbocycles. The Hall–Kier alpha value is -1.94. The van der Waals surface area contributed by atoms with E-state index in [0.29, 0.717) is 0 Å². The number of hydrogen-bond donors (Lipinski definition) is 0. The summed E-state index contributed by atoms with van der Waals surface area (Å²) in [6.07, 6.45) is 6.25. The van der Waals surface area contributed by atoms with Crippen LogP contribution in [0.1, 0.15) is 37.5 Å². The average Bonchev–Trinajstić information content (AvgIpc) is 2.87. The van der Waals surface area contributed by atoms with Crippen LogP contribution in [0.5, 0.6) is 0 Å². The van der Waals surface area contributed by atoms with Gasteiger partial charge in [-0.1, -0.05) is 50.1 Å². The first kappa shape index (κ1) is 15.6. The van der Waals surface area contributed by atoms with E-state index in [1.807, 2.05) is 17.4 Å². The van der Waals surface area contributed by atoms with Gasteiger partial charge in [0.15, 0.2) is 5.82 Å². The van der Waals surface area contributed by atoms with E-state index in [0.717, 1.165) is 41.5 Å². The molecule has 124 valence electrons. The van der Waals surface area contributed by atoms with E-state index in [4.69, 9.17) is 9.97 Å². The van der Waals surface area contributed by atoms with Crippen LogP contribution in [0.2, 0.25) is 0 Å². The highest BCUT2D eigenvalue weighted by atomic mass is 32.1. The maximum Gasteiger partial charge on any atom is 0.163 e. The van der Waals surface area contributed by atoms with Crippen LogP contribution < -0.4 is 4.90 Å². The fourth-order valence-corrected chi connectivity index (χ4v) is 4.33. The molecule has 3 aromatic rings. The van der Waals surface area contributed by atoms with E-state index in [9.17, 15) is 0 Å². The molecule has 1 fully saturated rings. The van der Waals surface area contributed by atoms with E-state index in [1.54, 1.807) is 0 Å². The fraction of sp³-hybridized carbons (Fsp3) is 0.400. The predicted molar refractivity (Wildman–Crippen MR) is 103 cm³/mol.